The molecule has 5 atom stereocenters. The van der Waals surface area contributed by atoms with E-state index in [1.54, 1.807) is 23.1 Å². The van der Waals surface area contributed by atoms with E-state index in [0.29, 0.717) is 28.6 Å². The summed E-state index contributed by atoms with van der Waals surface area (Å²) in [5.41, 5.74) is 1.35. The highest BCUT2D eigenvalue weighted by Gasteiger charge is 2.73. The molecular formula is C29H32Cl2N2O4. The largest absolute Gasteiger partial charge is 0.504 e. The molecule has 196 valence electrons. The van der Waals surface area contributed by atoms with Gasteiger partial charge in [0.25, 0.3) is 0 Å². The van der Waals surface area contributed by atoms with Gasteiger partial charge in [0.15, 0.2) is 11.5 Å². The lowest BCUT2D eigenvalue weighted by Gasteiger charge is -2.64. The number of nitrogens with zero attached hydrogens (tertiary/aromatic N) is 2. The molecule has 1 spiro atoms. The SMILES string of the molecule is CN(C(=O)Cc1ccc(Cl)c(Cl)c1)C1CCC2(O)[C@H]3Cc4ccc(O)c5c4[C@@]2(CCN3CC2CC2)C1O5. The van der Waals surface area contributed by atoms with E-state index in [1.165, 1.54) is 12.8 Å². The maximum atomic E-state index is 13.5. The van der Waals surface area contributed by atoms with Crippen molar-refractivity contribution in [2.45, 2.75) is 74.1 Å². The normalized spacial score (nSPS) is 33.6. The Morgan fingerprint density at radius 1 is 1.16 bits per heavy atom. The molecule has 2 N–H and O–H groups in total. The van der Waals surface area contributed by atoms with Gasteiger partial charge in [0.1, 0.15) is 6.10 Å². The quantitative estimate of drug-likeness (QED) is 0.588. The number of hydrogen-bond donors (Lipinski definition) is 2. The van der Waals surface area contributed by atoms with Crippen molar-refractivity contribution in [3.05, 3.63) is 57.1 Å². The second-order valence-electron chi connectivity index (χ2n) is 11.8. The van der Waals surface area contributed by atoms with Crippen molar-refractivity contribution >= 4 is 29.1 Å². The van der Waals surface area contributed by atoms with E-state index in [-0.39, 0.29) is 30.2 Å². The zero-order chi connectivity index (χ0) is 25.7. The third-order valence-corrected chi connectivity index (χ3v) is 10.7. The Balaban J connectivity index is 1.25. The molecule has 3 fully saturated rings. The lowest BCUT2D eigenvalue weighted by molar-refractivity contribution is -0.200. The van der Waals surface area contributed by atoms with Crippen LogP contribution in [0.2, 0.25) is 10.0 Å². The van der Waals surface area contributed by atoms with E-state index in [4.69, 9.17) is 27.9 Å². The van der Waals surface area contributed by atoms with Crippen molar-refractivity contribution in [2.24, 2.45) is 5.92 Å². The van der Waals surface area contributed by atoms with Crippen LogP contribution in [0.4, 0.5) is 0 Å². The minimum absolute atomic E-state index is 0.0223. The van der Waals surface area contributed by atoms with Gasteiger partial charge in [-0.25, -0.2) is 0 Å². The molecule has 2 saturated carbocycles. The molecule has 3 aliphatic carbocycles. The van der Waals surface area contributed by atoms with Gasteiger partial charge in [-0.15, -0.1) is 0 Å². The van der Waals surface area contributed by atoms with Crippen LogP contribution in [0.5, 0.6) is 11.5 Å². The van der Waals surface area contributed by atoms with Gasteiger partial charge >= 0.3 is 0 Å². The van der Waals surface area contributed by atoms with Crippen molar-refractivity contribution < 1.29 is 19.7 Å². The van der Waals surface area contributed by atoms with Crippen molar-refractivity contribution in [1.82, 2.24) is 9.80 Å². The minimum Gasteiger partial charge on any atom is -0.504 e. The van der Waals surface area contributed by atoms with Gasteiger partial charge in [-0.2, -0.15) is 0 Å². The predicted octanol–water partition coefficient (Wildman–Crippen LogP) is 4.33. The maximum absolute atomic E-state index is 13.5. The number of likely N-dealkylation sites (tertiary alicyclic amines) is 1. The van der Waals surface area contributed by atoms with Crippen LogP contribution in [0, 0.1) is 5.92 Å². The van der Waals surface area contributed by atoms with Crippen LogP contribution < -0.4 is 4.74 Å². The fraction of sp³-hybridized carbons (Fsp3) is 0.552. The molecule has 5 aliphatic rings. The maximum Gasteiger partial charge on any atom is 0.227 e. The van der Waals surface area contributed by atoms with Crippen molar-refractivity contribution in [1.29, 1.82) is 0 Å². The minimum atomic E-state index is -0.957. The Bertz CT molecular complexity index is 1300. The molecule has 1 saturated heterocycles. The van der Waals surface area contributed by atoms with Crippen molar-refractivity contribution in [3.63, 3.8) is 0 Å². The number of carbonyl (C=O) groups is 1. The standard InChI is InChI=1S/C29H32Cl2N2O4/c1-32(24(35)13-17-4-6-19(30)20(31)12-17)21-8-9-29(36)23-14-18-5-7-22(34)26-25(18)28(29,27(21)37-26)10-11-33(23)15-16-2-3-16/h4-7,12,16,21,23,27,34,36H,2-3,8-11,13-15H2,1H3/t21?,23-,27?,28+,29?/m1/s1. The van der Waals surface area contributed by atoms with Gasteiger partial charge in [0, 0.05) is 25.2 Å². The number of halogens is 2. The average molecular weight is 543 g/mol. The van der Waals surface area contributed by atoms with Crippen LogP contribution in [0.15, 0.2) is 30.3 Å². The third-order valence-electron chi connectivity index (χ3n) is 9.96. The first-order valence-corrected chi connectivity index (χ1v) is 14.2. The van der Waals surface area contributed by atoms with E-state index >= 15 is 0 Å². The summed E-state index contributed by atoms with van der Waals surface area (Å²) >= 11 is 12.3. The first-order valence-electron chi connectivity index (χ1n) is 13.4. The number of likely N-dealkylation sites (N-methyl/N-ethyl adjacent to an activating group) is 1. The average Bonchev–Trinajstić information content (AvgIpc) is 3.61. The van der Waals surface area contributed by atoms with E-state index < -0.39 is 17.1 Å². The smallest absolute Gasteiger partial charge is 0.227 e. The van der Waals surface area contributed by atoms with Crippen LogP contribution in [-0.2, 0) is 23.1 Å². The fourth-order valence-corrected chi connectivity index (χ4v) is 8.31. The lowest BCUT2D eigenvalue weighted by Crippen LogP contribution is -2.78. The van der Waals surface area contributed by atoms with Crippen molar-refractivity contribution in [3.8, 4) is 11.5 Å². The van der Waals surface area contributed by atoms with Gasteiger partial charge in [0.2, 0.25) is 5.91 Å². The van der Waals surface area contributed by atoms with Crippen LogP contribution in [0.1, 0.15) is 48.8 Å². The Morgan fingerprint density at radius 3 is 2.73 bits per heavy atom. The fourth-order valence-electron chi connectivity index (χ4n) is 7.99. The molecule has 3 unspecified atom stereocenters. The second kappa shape index (κ2) is 8.25. The summed E-state index contributed by atoms with van der Waals surface area (Å²) in [5.74, 6) is 1.33. The Labute approximate surface area is 227 Å². The third kappa shape index (κ3) is 3.35. The molecule has 1 amide bonds. The summed E-state index contributed by atoms with van der Waals surface area (Å²) in [7, 11) is 1.83. The number of amides is 1. The number of hydrogen-bond acceptors (Lipinski definition) is 5. The number of benzene rings is 2. The Kier molecular flexibility index (Phi) is 5.37. The number of phenols is 1. The zero-order valence-corrected chi connectivity index (χ0v) is 22.4. The number of ether oxygens (including phenoxy) is 1. The first kappa shape index (κ1) is 24.1. The van der Waals surface area contributed by atoms with Gasteiger partial charge in [-0.1, -0.05) is 35.3 Å². The molecule has 6 nitrogen and oxygen atoms in total. The summed E-state index contributed by atoms with van der Waals surface area (Å²) in [6.45, 7) is 1.94. The molecule has 37 heavy (non-hydrogen) atoms. The Morgan fingerprint density at radius 2 is 1.97 bits per heavy atom. The summed E-state index contributed by atoms with van der Waals surface area (Å²) in [4.78, 5) is 17.8. The molecule has 2 bridgehead atoms. The highest BCUT2D eigenvalue weighted by molar-refractivity contribution is 6.42. The van der Waals surface area contributed by atoms with Crippen molar-refractivity contribution in [2.75, 3.05) is 20.1 Å². The van der Waals surface area contributed by atoms with E-state index in [0.717, 1.165) is 48.5 Å². The monoisotopic (exact) mass is 542 g/mol. The molecule has 2 heterocycles. The summed E-state index contributed by atoms with van der Waals surface area (Å²) in [6, 6.07) is 8.81. The van der Waals surface area contributed by atoms with Gasteiger partial charge in [0.05, 0.1) is 33.5 Å². The molecule has 2 aromatic rings. The zero-order valence-electron chi connectivity index (χ0n) is 20.9. The van der Waals surface area contributed by atoms with Gasteiger partial charge in [-0.05, 0) is 80.3 Å². The van der Waals surface area contributed by atoms with Crippen LogP contribution in [0.3, 0.4) is 0 Å². The number of aliphatic hydroxyl groups is 1. The molecule has 8 heteroatoms. The number of aromatic hydroxyl groups is 1. The summed E-state index contributed by atoms with van der Waals surface area (Å²) in [6.07, 6.45) is 5.11. The van der Waals surface area contributed by atoms with Crippen LogP contribution in [-0.4, -0.2) is 69.8 Å². The molecule has 0 aromatic heterocycles. The number of carbonyl (C=O) groups excluding carboxylic acids is 1. The number of phenolic OH excluding ortho intramolecular Hbond substituents is 1. The first-order chi connectivity index (χ1) is 17.7. The van der Waals surface area contributed by atoms with E-state index in [2.05, 4.69) is 4.90 Å². The second-order valence-corrected chi connectivity index (χ2v) is 12.6. The van der Waals surface area contributed by atoms with Crippen LogP contribution in [0.25, 0.3) is 0 Å². The molecule has 7 rings (SSSR count). The predicted molar refractivity (Wildman–Crippen MR) is 142 cm³/mol. The summed E-state index contributed by atoms with van der Waals surface area (Å²) < 4.78 is 6.61. The Hall–Kier alpha value is -1.99. The highest BCUT2D eigenvalue weighted by atomic mass is 35.5. The molecular weight excluding hydrogens is 511 g/mol. The number of piperidine rings is 1. The van der Waals surface area contributed by atoms with Gasteiger partial charge in [-0.3, -0.25) is 9.69 Å². The van der Waals surface area contributed by atoms with Crippen LogP contribution >= 0.6 is 23.2 Å². The summed E-state index contributed by atoms with van der Waals surface area (Å²) in [5, 5.41) is 24.3. The lowest BCUT2D eigenvalue weighted by atomic mass is 9.48. The molecule has 0 radical (unpaired) electrons. The molecule has 2 aliphatic heterocycles. The molecule has 2 aromatic carbocycles. The topological polar surface area (TPSA) is 73.2 Å². The number of rotatable bonds is 5. The van der Waals surface area contributed by atoms with E-state index in [9.17, 15) is 15.0 Å². The highest BCUT2D eigenvalue weighted by Crippen LogP contribution is 2.66. The van der Waals surface area contributed by atoms with E-state index in [1.807, 2.05) is 19.2 Å². The van der Waals surface area contributed by atoms with Gasteiger partial charge < -0.3 is 19.8 Å².